The predicted molar refractivity (Wildman–Crippen MR) is 79.7 cm³/mol. The smallest absolute Gasteiger partial charge is 0.324 e. The highest BCUT2D eigenvalue weighted by Gasteiger charge is 2.19. The van der Waals surface area contributed by atoms with Gasteiger partial charge in [-0.2, -0.15) is 0 Å². The van der Waals surface area contributed by atoms with Crippen molar-refractivity contribution in [3.63, 3.8) is 0 Å². The molecule has 1 aromatic carbocycles. The molecule has 0 unspecified atom stereocenters. The summed E-state index contributed by atoms with van der Waals surface area (Å²) in [4.78, 5) is 22.5. The Morgan fingerprint density at radius 2 is 1.85 bits per heavy atom. The molecule has 110 valence electrons. The molecule has 20 heavy (non-hydrogen) atoms. The van der Waals surface area contributed by atoms with E-state index in [-0.39, 0.29) is 18.3 Å². The van der Waals surface area contributed by atoms with Crippen LogP contribution in [0.15, 0.2) is 30.3 Å². The molecule has 0 saturated carbocycles. The Morgan fingerprint density at radius 1 is 1.25 bits per heavy atom. The molecule has 0 atom stereocenters. The van der Waals surface area contributed by atoms with E-state index in [1.807, 2.05) is 18.2 Å². The van der Waals surface area contributed by atoms with Crippen molar-refractivity contribution >= 4 is 29.6 Å². The van der Waals surface area contributed by atoms with Gasteiger partial charge in [0.25, 0.3) is 0 Å². The van der Waals surface area contributed by atoms with E-state index in [1.165, 1.54) is 0 Å². The van der Waals surface area contributed by atoms with Crippen LogP contribution in [0, 0.1) is 0 Å². The largest absolute Gasteiger partial charge is 0.480 e. The van der Waals surface area contributed by atoms with E-state index in [9.17, 15) is 9.59 Å². The molecule has 0 spiro atoms. The molecular weight excluding hydrogens is 278 g/mol. The number of anilines is 1. The van der Waals surface area contributed by atoms with Crippen LogP contribution in [-0.2, 0) is 14.3 Å². The number of nitrogens with zero attached hydrogens (tertiary/aromatic N) is 1. The number of carbonyl (C=O) groups excluding carboxylic acids is 1. The Balaban J connectivity index is 2.63. The lowest BCUT2D eigenvalue weighted by molar-refractivity contribution is -0.151. The molecule has 0 bridgehead atoms. The van der Waals surface area contributed by atoms with Gasteiger partial charge in [-0.3, -0.25) is 9.59 Å². The first-order chi connectivity index (χ1) is 9.28. The van der Waals surface area contributed by atoms with Crippen LogP contribution >= 0.6 is 11.9 Å². The normalized spacial score (nSPS) is 10.9. The number of aliphatic carboxylic acids is 1. The highest BCUT2D eigenvalue weighted by Crippen LogP contribution is 2.22. The van der Waals surface area contributed by atoms with E-state index in [0.29, 0.717) is 0 Å². The summed E-state index contributed by atoms with van der Waals surface area (Å²) >= 11 is 1.13. The maximum atomic E-state index is 11.7. The lowest BCUT2D eigenvalue weighted by Gasteiger charge is -2.23. The fourth-order valence-corrected chi connectivity index (χ4v) is 2.22. The number of ether oxygens (including phenoxy) is 1. The summed E-state index contributed by atoms with van der Waals surface area (Å²) in [7, 11) is 0. The molecule has 0 radical (unpaired) electrons. The molecule has 0 aliphatic heterocycles. The molecule has 6 heteroatoms. The van der Waals surface area contributed by atoms with Crippen molar-refractivity contribution in [2.75, 3.05) is 16.6 Å². The lowest BCUT2D eigenvalue weighted by Crippen LogP contribution is -2.28. The SMILES string of the molecule is CC(C)(C)OC(=O)CSN(CC(=O)O)c1ccccc1. The number of carboxylic acids is 1. The van der Waals surface area contributed by atoms with Crippen molar-refractivity contribution in [3.05, 3.63) is 30.3 Å². The van der Waals surface area contributed by atoms with Crippen molar-refractivity contribution in [2.24, 2.45) is 0 Å². The fourth-order valence-electron chi connectivity index (χ4n) is 1.43. The number of esters is 1. The molecule has 5 nitrogen and oxygen atoms in total. The fraction of sp³-hybridized carbons (Fsp3) is 0.429. The Hall–Kier alpha value is -1.69. The summed E-state index contributed by atoms with van der Waals surface area (Å²) in [5, 5.41) is 8.93. The predicted octanol–water partition coefficient (Wildman–Crippen LogP) is 2.57. The van der Waals surface area contributed by atoms with Crippen LogP contribution in [-0.4, -0.2) is 34.9 Å². The van der Waals surface area contributed by atoms with E-state index in [1.54, 1.807) is 37.2 Å². The first-order valence-electron chi connectivity index (χ1n) is 6.17. The van der Waals surface area contributed by atoms with Crippen LogP contribution in [0.2, 0.25) is 0 Å². The van der Waals surface area contributed by atoms with Crippen LogP contribution in [0.5, 0.6) is 0 Å². The quantitative estimate of drug-likeness (QED) is 0.643. The second-order valence-corrected chi connectivity index (χ2v) is 6.11. The third kappa shape index (κ3) is 6.47. The van der Waals surface area contributed by atoms with Gasteiger partial charge >= 0.3 is 11.9 Å². The average molecular weight is 297 g/mol. The van der Waals surface area contributed by atoms with Gasteiger partial charge in [0.2, 0.25) is 0 Å². The second kappa shape index (κ2) is 7.19. The van der Waals surface area contributed by atoms with Crippen LogP contribution in [0.3, 0.4) is 0 Å². The molecular formula is C14H19NO4S. The van der Waals surface area contributed by atoms with Gasteiger partial charge in [0, 0.05) is 5.69 Å². The number of hydrogen-bond donors (Lipinski definition) is 1. The molecule has 0 saturated heterocycles. The number of carbonyl (C=O) groups is 2. The van der Waals surface area contributed by atoms with Gasteiger partial charge in [-0.05, 0) is 44.9 Å². The second-order valence-electron chi connectivity index (χ2n) is 5.13. The highest BCUT2D eigenvalue weighted by molar-refractivity contribution is 8.01. The zero-order valence-corrected chi connectivity index (χ0v) is 12.6. The van der Waals surface area contributed by atoms with Crippen LogP contribution in [0.25, 0.3) is 0 Å². The third-order valence-electron chi connectivity index (χ3n) is 2.08. The first kappa shape index (κ1) is 16.4. The van der Waals surface area contributed by atoms with Gasteiger partial charge in [-0.1, -0.05) is 18.2 Å². The molecule has 0 heterocycles. The van der Waals surface area contributed by atoms with Crippen LogP contribution < -0.4 is 4.31 Å². The topological polar surface area (TPSA) is 66.8 Å². The Kier molecular flexibility index (Phi) is 5.88. The Labute approximate surface area is 123 Å². The summed E-state index contributed by atoms with van der Waals surface area (Å²) in [6.45, 7) is 5.20. The Morgan fingerprint density at radius 3 is 2.35 bits per heavy atom. The third-order valence-corrected chi connectivity index (χ3v) is 3.10. The molecule has 0 amide bonds. The number of carboxylic acid groups (broad SMARTS) is 1. The molecule has 1 N–H and O–H groups in total. The minimum absolute atomic E-state index is 0.0689. The van der Waals surface area contributed by atoms with Crippen LogP contribution in [0.4, 0.5) is 5.69 Å². The molecule has 0 aromatic heterocycles. The van der Waals surface area contributed by atoms with Gasteiger partial charge in [-0.25, -0.2) is 0 Å². The molecule has 0 aliphatic rings. The van der Waals surface area contributed by atoms with Crippen molar-refractivity contribution in [1.82, 2.24) is 0 Å². The minimum Gasteiger partial charge on any atom is -0.480 e. The van der Waals surface area contributed by atoms with E-state index in [4.69, 9.17) is 9.84 Å². The minimum atomic E-state index is -0.953. The molecule has 0 aliphatic carbocycles. The average Bonchev–Trinajstić information content (AvgIpc) is 2.33. The van der Waals surface area contributed by atoms with Gasteiger partial charge in [0.15, 0.2) is 0 Å². The van der Waals surface area contributed by atoms with E-state index in [2.05, 4.69) is 0 Å². The number of para-hydroxylation sites is 1. The lowest BCUT2D eigenvalue weighted by atomic mass is 10.2. The Bertz CT molecular complexity index is 456. The molecule has 0 fully saturated rings. The van der Waals surface area contributed by atoms with Gasteiger partial charge in [0.05, 0.1) is 0 Å². The zero-order chi connectivity index (χ0) is 15.2. The van der Waals surface area contributed by atoms with Crippen molar-refractivity contribution < 1.29 is 19.4 Å². The zero-order valence-electron chi connectivity index (χ0n) is 11.8. The highest BCUT2D eigenvalue weighted by atomic mass is 32.2. The van der Waals surface area contributed by atoms with Crippen molar-refractivity contribution in [1.29, 1.82) is 0 Å². The molecule has 1 rings (SSSR count). The maximum absolute atomic E-state index is 11.7. The first-order valence-corrected chi connectivity index (χ1v) is 7.11. The summed E-state index contributed by atoms with van der Waals surface area (Å²) in [6, 6.07) is 9.08. The number of benzene rings is 1. The van der Waals surface area contributed by atoms with E-state index < -0.39 is 11.6 Å². The van der Waals surface area contributed by atoms with Crippen molar-refractivity contribution in [2.45, 2.75) is 26.4 Å². The van der Waals surface area contributed by atoms with Crippen molar-refractivity contribution in [3.8, 4) is 0 Å². The number of hydrogen-bond acceptors (Lipinski definition) is 5. The summed E-state index contributed by atoms with van der Waals surface area (Å²) in [5.41, 5.74) is 0.200. The van der Waals surface area contributed by atoms with Gasteiger partial charge in [-0.15, -0.1) is 0 Å². The number of rotatable bonds is 6. The maximum Gasteiger partial charge on any atom is 0.324 e. The monoisotopic (exact) mass is 297 g/mol. The molecule has 1 aromatic rings. The van der Waals surface area contributed by atoms with E-state index in [0.717, 1.165) is 17.6 Å². The summed E-state index contributed by atoms with van der Waals surface area (Å²) in [5.74, 6) is -1.25. The van der Waals surface area contributed by atoms with Crippen LogP contribution in [0.1, 0.15) is 20.8 Å². The van der Waals surface area contributed by atoms with Gasteiger partial charge < -0.3 is 14.1 Å². The standard InChI is InChI=1S/C14H19NO4S/c1-14(2,3)19-13(18)10-20-15(9-12(16)17)11-7-5-4-6-8-11/h4-8H,9-10H2,1-3H3,(H,16,17). The summed E-state index contributed by atoms with van der Waals surface area (Å²) < 4.78 is 6.76. The summed E-state index contributed by atoms with van der Waals surface area (Å²) in [6.07, 6.45) is 0. The van der Waals surface area contributed by atoms with Gasteiger partial charge in [0.1, 0.15) is 17.9 Å². The van der Waals surface area contributed by atoms with E-state index >= 15 is 0 Å².